The highest BCUT2D eigenvalue weighted by atomic mass is 31.2. The van der Waals surface area contributed by atoms with Crippen LogP contribution in [0.25, 0.3) is 10.8 Å². The number of fused-ring (bicyclic) bond motifs is 1. The van der Waals surface area contributed by atoms with E-state index in [0.717, 1.165) is 42.5 Å². The lowest BCUT2D eigenvalue weighted by Gasteiger charge is -2.30. The van der Waals surface area contributed by atoms with Crippen LogP contribution in [0.4, 0.5) is 0 Å². The van der Waals surface area contributed by atoms with Crippen LogP contribution in [0, 0.1) is 0 Å². The van der Waals surface area contributed by atoms with Crippen LogP contribution in [0.2, 0.25) is 0 Å². The molecule has 0 aromatic heterocycles. The van der Waals surface area contributed by atoms with Gasteiger partial charge in [0.15, 0.2) is 0 Å². The van der Waals surface area contributed by atoms with E-state index in [0.29, 0.717) is 0 Å². The van der Waals surface area contributed by atoms with E-state index >= 15 is 0 Å². The van der Waals surface area contributed by atoms with E-state index < -0.39 is 7.82 Å². The van der Waals surface area contributed by atoms with Gasteiger partial charge in [-0.2, -0.15) is 5.10 Å². The van der Waals surface area contributed by atoms with Crippen molar-refractivity contribution in [3.8, 4) is 5.75 Å². The van der Waals surface area contributed by atoms with Gasteiger partial charge in [0.1, 0.15) is 5.75 Å². The number of aromatic hydroxyl groups is 1. The van der Waals surface area contributed by atoms with Crippen molar-refractivity contribution in [2.24, 2.45) is 5.10 Å². The predicted molar refractivity (Wildman–Crippen MR) is 96.5 cm³/mol. The number of nitrogens with zero attached hydrogens (tertiary/aromatic N) is 3. The van der Waals surface area contributed by atoms with Crippen LogP contribution in [-0.2, 0) is 4.57 Å². The van der Waals surface area contributed by atoms with E-state index in [-0.39, 0.29) is 5.75 Å². The topological polar surface area (TPSA) is 117 Å². The molecule has 1 aliphatic rings. The Morgan fingerprint density at radius 3 is 2.28 bits per heavy atom. The Morgan fingerprint density at radius 2 is 1.64 bits per heavy atom. The minimum absolute atomic E-state index is 0.279. The Kier molecular flexibility index (Phi) is 6.52. The second-order valence-electron chi connectivity index (χ2n) is 5.73. The fourth-order valence-electron chi connectivity index (χ4n) is 2.47. The van der Waals surface area contributed by atoms with E-state index in [2.05, 4.69) is 22.1 Å². The molecule has 0 bridgehead atoms. The van der Waals surface area contributed by atoms with Crippen molar-refractivity contribution >= 4 is 24.8 Å². The number of rotatable bonds is 2. The van der Waals surface area contributed by atoms with Crippen molar-refractivity contribution in [3.05, 3.63) is 42.0 Å². The third kappa shape index (κ3) is 6.45. The number of phosphoric acid groups is 1. The monoisotopic (exact) mass is 367 g/mol. The molecule has 1 heterocycles. The van der Waals surface area contributed by atoms with Gasteiger partial charge < -0.3 is 24.7 Å². The molecule has 3 rings (SSSR count). The molecular weight excluding hydrogens is 345 g/mol. The summed E-state index contributed by atoms with van der Waals surface area (Å²) in [5, 5.41) is 18.8. The molecular formula is C16H22N3O5P. The van der Waals surface area contributed by atoms with Crippen molar-refractivity contribution in [3.63, 3.8) is 0 Å². The molecule has 9 heteroatoms. The van der Waals surface area contributed by atoms with Crippen LogP contribution in [0.1, 0.15) is 5.56 Å². The van der Waals surface area contributed by atoms with E-state index in [9.17, 15) is 5.11 Å². The average Bonchev–Trinajstić information content (AvgIpc) is 2.54. The number of phenolic OH excluding ortho intramolecular Hbond substituents is 1. The Morgan fingerprint density at radius 1 is 1.04 bits per heavy atom. The van der Waals surface area contributed by atoms with Crippen molar-refractivity contribution in [1.82, 2.24) is 9.91 Å². The smallest absolute Gasteiger partial charge is 0.466 e. The SMILES string of the molecule is CN1CCN(N=Cc2c(O)ccc3ccccc23)CC1.O=P(O)(O)O. The lowest BCUT2D eigenvalue weighted by Crippen LogP contribution is -2.41. The molecule has 0 spiro atoms. The standard InChI is InChI=1S/C16H19N3O.H3O4P/c1-18-8-10-19(11-9-18)17-12-15-14-5-3-2-4-13(14)6-7-16(15)20;1-5(2,3)4/h2-7,12,20H,8-11H2,1H3;(H3,1,2,3,4). The number of hydrogen-bond acceptors (Lipinski definition) is 5. The molecule has 25 heavy (non-hydrogen) atoms. The third-order valence-corrected chi connectivity index (χ3v) is 3.78. The normalized spacial score (nSPS) is 16.1. The van der Waals surface area contributed by atoms with Crippen LogP contribution >= 0.6 is 7.82 Å². The summed E-state index contributed by atoms with van der Waals surface area (Å²) in [7, 11) is -2.52. The highest BCUT2D eigenvalue weighted by Crippen LogP contribution is 2.26. The number of phenols is 1. The molecule has 1 fully saturated rings. The zero-order valence-electron chi connectivity index (χ0n) is 13.9. The Labute approximate surface area is 145 Å². The van der Waals surface area contributed by atoms with Crippen molar-refractivity contribution in [2.45, 2.75) is 0 Å². The second kappa shape index (κ2) is 8.42. The first-order chi connectivity index (χ1) is 11.7. The minimum Gasteiger partial charge on any atom is -0.507 e. The maximum atomic E-state index is 10.1. The first kappa shape index (κ1) is 19.4. The van der Waals surface area contributed by atoms with Gasteiger partial charge in [0.25, 0.3) is 0 Å². The lowest BCUT2D eigenvalue weighted by molar-refractivity contribution is 0.159. The second-order valence-corrected chi connectivity index (χ2v) is 6.76. The van der Waals surface area contributed by atoms with Crippen LogP contribution in [-0.4, -0.2) is 69.1 Å². The zero-order valence-corrected chi connectivity index (χ0v) is 14.8. The molecule has 2 aromatic carbocycles. The van der Waals surface area contributed by atoms with Gasteiger partial charge in [-0.15, -0.1) is 0 Å². The van der Waals surface area contributed by atoms with Crippen molar-refractivity contribution in [1.29, 1.82) is 0 Å². The van der Waals surface area contributed by atoms with Gasteiger partial charge >= 0.3 is 7.82 Å². The Hall–Kier alpha value is -1.96. The average molecular weight is 367 g/mol. The summed E-state index contributed by atoms with van der Waals surface area (Å²) in [4.78, 5) is 23.9. The van der Waals surface area contributed by atoms with Crippen LogP contribution in [0.5, 0.6) is 5.75 Å². The first-order valence-electron chi connectivity index (χ1n) is 7.70. The zero-order chi connectivity index (χ0) is 18.4. The number of benzene rings is 2. The highest BCUT2D eigenvalue weighted by Gasteiger charge is 2.11. The summed E-state index contributed by atoms with van der Waals surface area (Å²) in [6.07, 6.45) is 1.78. The summed E-state index contributed by atoms with van der Waals surface area (Å²) in [5.74, 6) is 0.279. The molecule has 0 amide bonds. The summed E-state index contributed by atoms with van der Waals surface area (Å²) in [6.45, 7) is 3.91. The van der Waals surface area contributed by atoms with Crippen LogP contribution in [0.15, 0.2) is 41.5 Å². The molecule has 1 aliphatic heterocycles. The van der Waals surface area contributed by atoms with Crippen molar-refractivity contribution in [2.75, 3.05) is 33.2 Å². The first-order valence-corrected chi connectivity index (χ1v) is 9.27. The van der Waals surface area contributed by atoms with Gasteiger partial charge in [-0.1, -0.05) is 30.3 Å². The van der Waals surface area contributed by atoms with Gasteiger partial charge in [-0.05, 0) is 23.9 Å². The fourth-order valence-corrected chi connectivity index (χ4v) is 2.47. The predicted octanol–water partition coefficient (Wildman–Crippen LogP) is 1.20. The van der Waals surface area contributed by atoms with E-state index in [1.165, 1.54) is 0 Å². The summed E-state index contributed by atoms with van der Waals surface area (Å²) < 4.78 is 8.88. The summed E-state index contributed by atoms with van der Waals surface area (Å²) in [6, 6.07) is 11.7. The fraction of sp³-hybridized carbons (Fsp3) is 0.312. The maximum Gasteiger partial charge on any atom is 0.466 e. The molecule has 136 valence electrons. The number of likely N-dealkylation sites (N-methyl/N-ethyl adjacent to an activating group) is 1. The van der Waals surface area contributed by atoms with Gasteiger partial charge in [0, 0.05) is 31.7 Å². The molecule has 1 saturated heterocycles. The van der Waals surface area contributed by atoms with E-state index in [1.54, 1.807) is 12.3 Å². The third-order valence-electron chi connectivity index (χ3n) is 3.78. The molecule has 2 aromatic rings. The molecule has 8 nitrogen and oxygen atoms in total. The molecule has 0 saturated carbocycles. The van der Waals surface area contributed by atoms with Crippen LogP contribution < -0.4 is 0 Å². The van der Waals surface area contributed by atoms with E-state index in [4.69, 9.17) is 19.2 Å². The van der Waals surface area contributed by atoms with E-state index in [1.807, 2.05) is 30.3 Å². The summed E-state index contributed by atoms with van der Waals surface area (Å²) in [5.41, 5.74) is 0.794. The number of piperazine rings is 1. The maximum absolute atomic E-state index is 10.1. The van der Waals surface area contributed by atoms with Gasteiger partial charge in [-0.25, -0.2) is 4.57 Å². The largest absolute Gasteiger partial charge is 0.507 e. The summed E-state index contributed by atoms with van der Waals surface area (Å²) >= 11 is 0. The molecule has 0 aliphatic carbocycles. The Balaban J connectivity index is 0.000000399. The van der Waals surface area contributed by atoms with Crippen LogP contribution in [0.3, 0.4) is 0 Å². The lowest BCUT2D eigenvalue weighted by atomic mass is 10.0. The molecule has 0 atom stereocenters. The minimum atomic E-state index is -4.64. The molecule has 0 unspecified atom stereocenters. The van der Waals surface area contributed by atoms with Gasteiger partial charge in [0.05, 0.1) is 6.21 Å². The number of hydrazone groups is 1. The quantitative estimate of drug-likeness (QED) is 0.465. The molecule has 0 radical (unpaired) electrons. The highest BCUT2D eigenvalue weighted by molar-refractivity contribution is 7.45. The molecule has 4 N–H and O–H groups in total. The van der Waals surface area contributed by atoms with Crippen molar-refractivity contribution < 1.29 is 24.4 Å². The van der Waals surface area contributed by atoms with Gasteiger partial charge in [0.2, 0.25) is 0 Å². The Bertz CT molecular complexity index is 776. The van der Waals surface area contributed by atoms with Gasteiger partial charge in [-0.3, -0.25) is 5.01 Å². The number of hydrogen-bond donors (Lipinski definition) is 4.